The Morgan fingerprint density at radius 2 is 1.81 bits per heavy atom. The summed E-state index contributed by atoms with van der Waals surface area (Å²) < 4.78 is 0. The lowest BCUT2D eigenvalue weighted by atomic mass is 9.90. The van der Waals surface area contributed by atoms with Crippen LogP contribution in [0.2, 0.25) is 0 Å². The molecule has 6 heteroatoms. The van der Waals surface area contributed by atoms with Gasteiger partial charge in [0.25, 0.3) is 5.91 Å². The number of pyridine rings is 1. The van der Waals surface area contributed by atoms with Crippen LogP contribution in [-0.4, -0.2) is 34.9 Å². The largest absolute Gasteiger partial charge is 0.339 e. The number of nitrogens with two attached hydrogens (primary N) is 1. The first-order valence-corrected chi connectivity index (χ1v) is 9.49. The number of nitrogens with zero attached hydrogens (tertiary/aromatic N) is 2. The predicted molar refractivity (Wildman–Crippen MR) is 115 cm³/mol. The van der Waals surface area contributed by atoms with Crippen molar-refractivity contribution < 1.29 is 4.79 Å². The molecule has 2 N–H and O–H groups in total. The zero-order chi connectivity index (χ0) is 17.6. The molecule has 0 bridgehead atoms. The number of piperidine rings is 1. The molecule has 1 amide bonds. The van der Waals surface area contributed by atoms with E-state index in [0.29, 0.717) is 11.8 Å². The minimum Gasteiger partial charge on any atom is -0.339 e. The Balaban J connectivity index is 0.00000131. The van der Waals surface area contributed by atoms with Crippen LogP contribution in [0, 0.1) is 12.8 Å². The summed E-state index contributed by atoms with van der Waals surface area (Å²) in [6.45, 7) is 5.75. The van der Waals surface area contributed by atoms with Gasteiger partial charge in [-0.1, -0.05) is 11.6 Å². The molecular formula is C21H29Cl2N3O. The van der Waals surface area contributed by atoms with E-state index in [-0.39, 0.29) is 36.8 Å². The number of aryl methyl sites for hydroxylation is 1. The molecule has 2 aromatic rings. The molecule has 27 heavy (non-hydrogen) atoms. The van der Waals surface area contributed by atoms with Gasteiger partial charge in [-0.25, -0.2) is 0 Å². The van der Waals surface area contributed by atoms with Crippen molar-refractivity contribution in [3.63, 3.8) is 0 Å². The SMILES string of the molecule is Cc1ccc2nc(C3CC3)cc(C(=O)N3CCC(C(C)N)CC3)c2c1.Cl.Cl. The number of benzene rings is 1. The number of rotatable bonds is 3. The molecule has 0 spiro atoms. The van der Waals surface area contributed by atoms with Gasteiger partial charge in [-0.2, -0.15) is 0 Å². The summed E-state index contributed by atoms with van der Waals surface area (Å²) in [6, 6.07) is 8.49. The molecule has 1 aliphatic carbocycles. The van der Waals surface area contributed by atoms with Crippen molar-refractivity contribution in [1.82, 2.24) is 9.88 Å². The fourth-order valence-corrected chi connectivity index (χ4v) is 3.92. The van der Waals surface area contributed by atoms with Crippen LogP contribution in [0.4, 0.5) is 0 Å². The second kappa shape index (κ2) is 8.76. The van der Waals surface area contributed by atoms with Crippen LogP contribution in [-0.2, 0) is 0 Å². The van der Waals surface area contributed by atoms with Gasteiger partial charge < -0.3 is 10.6 Å². The van der Waals surface area contributed by atoms with Crippen LogP contribution in [0.5, 0.6) is 0 Å². The molecule has 2 aliphatic rings. The number of amides is 1. The fraction of sp³-hybridized carbons (Fsp3) is 0.524. The van der Waals surface area contributed by atoms with Crippen LogP contribution in [0.1, 0.15) is 60.1 Å². The van der Waals surface area contributed by atoms with E-state index in [4.69, 9.17) is 10.7 Å². The van der Waals surface area contributed by atoms with Crippen LogP contribution < -0.4 is 5.73 Å². The van der Waals surface area contributed by atoms with Crippen molar-refractivity contribution >= 4 is 41.6 Å². The van der Waals surface area contributed by atoms with Gasteiger partial charge in [-0.15, -0.1) is 24.8 Å². The highest BCUT2D eigenvalue weighted by atomic mass is 35.5. The highest BCUT2D eigenvalue weighted by Crippen LogP contribution is 2.40. The quantitative estimate of drug-likeness (QED) is 0.813. The van der Waals surface area contributed by atoms with Gasteiger partial charge in [0.05, 0.1) is 11.1 Å². The average Bonchev–Trinajstić information content (AvgIpc) is 3.45. The Labute approximate surface area is 173 Å². The van der Waals surface area contributed by atoms with Gasteiger partial charge in [0.1, 0.15) is 0 Å². The molecule has 1 unspecified atom stereocenters. The number of hydrogen-bond acceptors (Lipinski definition) is 3. The minimum absolute atomic E-state index is 0. The van der Waals surface area contributed by atoms with E-state index in [1.807, 2.05) is 4.90 Å². The third kappa shape index (κ3) is 4.56. The van der Waals surface area contributed by atoms with Gasteiger partial charge in [0.15, 0.2) is 0 Å². The molecule has 1 aliphatic heterocycles. The molecule has 4 rings (SSSR count). The van der Waals surface area contributed by atoms with E-state index in [1.54, 1.807) is 0 Å². The van der Waals surface area contributed by atoms with Crippen LogP contribution >= 0.6 is 24.8 Å². The molecule has 1 saturated heterocycles. The third-order valence-corrected chi connectivity index (χ3v) is 5.78. The first kappa shape index (κ1) is 21.9. The number of carbonyl (C=O) groups is 1. The maximum Gasteiger partial charge on any atom is 0.254 e. The predicted octanol–water partition coefficient (Wildman–Crippen LogP) is 4.46. The molecule has 1 saturated carbocycles. The fourth-order valence-electron chi connectivity index (χ4n) is 3.92. The molecular weight excluding hydrogens is 381 g/mol. The van der Waals surface area contributed by atoms with Crippen LogP contribution in [0.15, 0.2) is 24.3 Å². The van der Waals surface area contributed by atoms with E-state index in [0.717, 1.165) is 53.7 Å². The van der Waals surface area contributed by atoms with E-state index in [1.165, 1.54) is 12.8 Å². The normalized spacial score (nSPS) is 18.6. The van der Waals surface area contributed by atoms with Crippen LogP contribution in [0.3, 0.4) is 0 Å². The lowest BCUT2D eigenvalue weighted by Gasteiger charge is -2.34. The van der Waals surface area contributed by atoms with E-state index in [9.17, 15) is 4.79 Å². The maximum absolute atomic E-state index is 13.3. The van der Waals surface area contributed by atoms with E-state index >= 15 is 0 Å². The topological polar surface area (TPSA) is 59.2 Å². The molecule has 2 fully saturated rings. The molecule has 2 heterocycles. The summed E-state index contributed by atoms with van der Waals surface area (Å²) in [7, 11) is 0. The average molecular weight is 410 g/mol. The summed E-state index contributed by atoms with van der Waals surface area (Å²) in [5.41, 5.74) is 10.1. The Morgan fingerprint density at radius 1 is 1.15 bits per heavy atom. The first-order valence-electron chi connectivity index (χ1n) is 9.49. The Morgan fingerprint density at radius 3 is 2.41 bits per heavy atom. The second-order valence-electron chi connectivity index (χ2n) is 7.88. The summed E-state index contributed by atoms with van der Waals surface area (Å²) in [5.74, 6) is 1.23. The summed E-state index contributed by atoms with van der Waals surface area (Å²) in [6.07, 6.45) is 4.39. The summed E-state index contributed by atoms with van der Waals surface area (Å²) in [5, 5.41) is 0.990. The van der Waals surface area contributed by atoms with Crippen molar-refractivity contribution in [2.75, 3.05) is 13.1 Å². The lowest BCUT2D eigenvalue weighted by Crippen LogP contribution is -2.42. The smallest absolute Gasteiger partial charge is 0.254 e. The molecule has 4 nitrogen and oxygen atoms in total. The molecule has 148 valence electrons. The minimum atomic E-state index is 0. The second-order valence-corrected chi connectivity index (χ2v) is 7.88. The summed E-state index contributed by atoms with van der Waals surface area (Å²) >= 11 is 0. The Bertz CT molecular complexity index is 812. The van der Waals surface area contributed by atoms with Crippen molar-refractivity contribution in [3.05, 3.63) is 41.1 Å². The summed E-state index contributed by atoms with van der Waals surface area (Å²) in [4.78, 5) is 20.1. The molecule has 0 radical (unpaired) electrons. The standard InChI is InChI=1S/C21H27N3O.2ClH/c1-13-3-6-19-17(11-13)18(12-20(23-19)16-4-5-16)21(25)24-9-7-15(8-10-24)14(2)22;;/h3,6,11-12,14-16H,4-5,7-10,22H2,1-2H3;2*1H. The van der Waals surface area contributed by atoms with Gasteiger partial charge >= 0.3 is 0 Å². The maximum atomic E-state index is 13.3. The zero-order valence-electron chi connectivity index (χ0n) is 16.0. The van der Waals surface area contributed by atoms with E-state index in [2.05, 4.69) is 38.1 Å². The van der Waals surface area contributed by atoms with Crippen molar-refractivity contribution in [1.29, 1.82) is 0 Å². The van der Waals surface area contributed by atoms with Gasteiger partial charge in [0.2, 0.25) is 0 Å². The number of fused-ring (bicyclic) bond motifs is 1. The number of aromatic nitrogens is 1. The third-order valence-electron chi connectivity index (χ3n) is 5.78. The Hall–Kier alpha value is -1.36. The molecule has 1 aromatic carbocycles. The van der Waals surface area contributed by atoms with E-state index < -0.39 is 0 Å². The highest BCUT2D eigenvalue weighted by molar-refractivity contribution is 6.06. The number of halogens is 2. The monoisotopic (exact) mass is 409 g/mol. The Kier molecular flexibility index (Phi) is 7.12. The van der Waals surface area contributed by atoms with Crippen molar-refractivity contribution in [2.24, 2.45) is 11.7 Å². The van der Waals surface area contributed by atoms with Gasteiger partial charge in [-0.3, -0.25) is 9.78 Å². The zero-order valence-corrected chi connectivity index (χ0v) is 17.6. The van der Waals surface area contributed by atoms with Crippen molar-refractivity contribution in [3.8, 4) is 0 Å². The highest BCUT2D eigenvalue weighted by Gasteiger charge is 2.30. The first-order chi connectivity index (χ1) is 12.0. The lowest BCUT2D eigenvalue weighted by molar-refractivity contribution is 0.0683. The van der Waals surface area contributed by atoms with Gasteiger partial charge in [-0.05, 0) is 63.6 Å². The number of carbonyl (C=O) groups excluding carboxylic acids is 1. The number of likely N-dealkylation sites (tertiary alicyclic amines) is 1. The van der Waals surface area contributed by atoms with Crippen LogP contribution in [0.25, 0.3) is 10.9 Å². The number of hydrogen-bond donors (Lipinski definition) is 1. The molecule has 1 aromatic heterocycles. The van der Waals surface area contributed by atoms with Gasteiger partial charge in [0, 0.05) is 36.1 Å². The van der Waals surface area contributed by atoms with Crippen molar-refractivity contribution in [2.45, 2.75) is 51.5 Å². The molecule has 1 atom stereocenters.